The summed E-state index contributed by atoms with van der Waals surface area (Å²) in [5, 5.41) is 17.3. The third kappa shape index (κ3) is 2.58. The van der Waals surface area contributed by atoms with Crippen molar-refractivity contribution in [3.63, 3.8) is 0 Å². The molecule has 3 heterocycles. The number of H-pyrrole nitrogens is 2. The highest BCUT2D eigenvalue weighted by Gasteiger charge is 2.34. The quantitative estimate of drug-likeness (QED) is 0.268. The van der Waals surface area contributed by atoms with Gasteiger partial charge in [-0.05, 0) is 43.0 Å². The van der Waals surface area contributed by atoms with Crippen molar-refractivity contribution in [3.8, 4) is 0 Å². The number of benzene rings is 3. The summed E-state index contributed by atoms with van der Waals surface area (Å²) >= 11 is 0. The molecular weight excluding hydrogens is 398 g/mol. The minimum absolute atomic E-state index is 0.227. The maximum atomic E-state index is 13.0. The first-order chi connectivity index (χ1) is 15.6. The summed E-state index contributed by atoms with van der Waals surface area (Å²) in [6, 6.07) is 14.4. The largest absolute Gasteiger partial charge is 0.369 e. The number of fused-ring (bicyclic) bond motifs is 10. The van der Waals surface area contributed by atoms with Crippen LogP contribution in [0, 0.1) is 0 Å². The van der Waals surface area contributed by atoms with Gasteiger partial charge in [-0.2, -0.15) is 0 Å². The van der Waals surface area contributed by atoms with Crippen molar-refractivity contribution in [1.82, 2.24) is 15.3 Å². The number of carbonyl (C=O) groups excluding carboxylic acids is 1. The molecule has 1 aliphatic heterocycles. The highest BCUT2D eigenvalue weighted by atomic mass is 16.3. The summed E-state index contributed by atoms with van der Waals surface area (Å²) in [6.45, 7) is 4.38. The normalized spacial score (nSPS) is 15.7. The molecule has 3 aromatic carbocycles. The Kier molecular flexibility index (Phi) is 4.17. The number of aromatic amines is 2. The monoisotopic (exact) mass is 423 g/mol. The number of para-hydroxylation sites is 1. The Balaban J connectivity index is 1.70. The van der Waals surface area contributed by atoms with Gasteiger partial charge in [-0.3, -0.25) is 4.79 Å². The Bertz CT molecular complexity index is 1580. The number of aliphatic hydroxyl groups excluding tert-OH is 1. The van der Waals surface area contributed by atoms with Gasteiger partial charge in [0, 0.05) is 38.1 Å². The third-order valence-electron chi connectivity index (χ3n) is 6.91. The van der Waals surface area contributed by atoms with E-state index >= 15 is 0 Å². The van der Waals surface area contributed by atoms with E-state index in [0.717, 1.165) is 62.9 Å². The van der Waals surface area contributed by atoms with Gasteiger partial charge in [0.2, 0.25) is 0 Å². The van der Waals surface area contributed by atoms with Gasteiger partial charge < -0.3 is 20.4 Å². The number of rotatable bonds is 4. The van der Waals surface area contributed by atoms with Crippen molar-refractivity contribution in [3.05, 3.63) is 70.8 Å². The molecule has 1 unspecified atom stereocenters. The van der Waals surface area contributed by atoms with E-state index in [1.165, 1.54) is 11.1 Å². The summed E-state index contributed by atoms with van der Waals surface area (Å²) < 4.78 is 0. The van der Waals surface area contributed by atoms with Gasteiger partial charge >= 0.3 is 0 Å². The third-order valence-corrected chi connectivity index (χ3v) is 6.91. The number of hydrogen-bond donors (Lipinski definition) is 4. The Labute approximate surface area is 185 Å². The molecule has 5 nitrogen and oxygen atoms in total. The zero-order valence-electron chi connectivity index (χ0n) is 18.2. The average molecular weight is 424 g/mol. The molecular formula is C27H25N3O2. The number of hydrogen-bond acceptors (Lipinski definition) is 2. The molecule has 4 N–H and O–H groups in total. The number of aromatic nitrogens is 2. The van der Waals surface area contributed by atoms with E-state index in [2.05, 4.69) is 53.4 Å². The molecule has 2 aromatic heterocycles. The predicted molar refractivity (Wildman–Crippen MR) is 130 cm³/mol. The second-order valence-electron chi connectivity index (χ2n) is 8.61. The van der Waals surface area contributed by atoms with Gasteiger partial charge in [0.15, 0.2) is 6.23 Å². The van der Waals surface area contributed by atoms with E-state index in [4.69, 9.17) is 0 Å². The van der Waals surface area contributed by atoms with Crippen molar-refractivity contribution < 1.29 is 9.90 Å². The van der Waals surface area contributed by atoms with Crippen LogP contribution >= 0.6 is 0 Å². The molecule has 5 heteroatoms. The summed E-state index contributed by atoms with van der Waals surface area (Å²) in [5.41, 5.74) is 7.71. The van der Waals surface area contributed by atoms with Gasteiger partial charge in [0.1, 0.15) is 0 Å². The molecule has 0 spiro atoms. The van der Waals surface area contributed by atoms with Crippen molar-refractivity contribution in [2.45, 2.75) is 39.3 Å². The van der Waals surface area contributed by atoms with Crippen LogP contribution in [0.4, 0.5) is 0 Å². The molecule has 0 fully saturated rings. The zero-order valence-corrected chi connectivity index (χ0v) is 18.2. The smallest absolute Gasteiger partial charge is 0.254 e. The first-order valence-corrected chi connectivity index (χ1v) is 11.3. The maximum Gasteiger partial charge on any atom is 0.254 e. The van der Waals surface area contributed by atoms with Gasteiger partial charge in [-0.25, -0.2) is 0 Å². The van der Waals surface area contributed by atoms with E-state index in [1.54, 1.807) is 0 Å². The van der Waals surface area contributed by atoms with E-state index in [-0.39, 0.29) is 5.91 Å². The lowest BCUT2D eigenvalue weighted by molar-refractivity contribution is 0.0853. The Hall–Kier alpha value is -3.57. The summed E-state index contributed by atoms with van der Waals surface area (Å²) in [5.74, 6) is -0.227. The van der Waals surface area contributed by atoms with Crippen LogP contribution in [-0.4, -0.2) is 21.0 Å². The van der Waals surface area contributed by atoms with Crippen LogP contribution in [0.1, 0.15) is 54.4 Å². The maximum absolute atomic E-state index is 13.0. The lowest BCUT2D eigenvalue weighted by Gasteiger charge is -2.07. The van der Waals surface area contributed by atoms with Crippen LogP contribution in [0.15, 0.2) is 54.1 Å². The summed E-state index contributed by atoms with van der Waals surface area (Å²) in [7, 11) is 0. The van der Waals surface area contributed by atoms with Gasteiger partial charge in [-0.15, -0.1) is 0 Å². The van der Waals surface area contributed by atoms with Crippen LogP contribution < -0.4 is 5.32 Å². The van der Waals surface area contributed by atoms with Gasteiger partial charge in [0.05, 0.1) is 16.6 Å². The first kappa shape index (κ1) is 19.1. The fourth-order valence-corrected chi connectivity index (χ4v) is 5.26. The Morgan fingerprint density at radius 3 is 2.47 bits per heavy atom. The SMILES string of the molecule is CCC(=CCc1ccc2[nH]c3c4[nH]c5ccccc5c4c4c(c3c2c1)C(=O)NC4O)CC. The molecule has 32 heavy (non-hydrogen) atoms. The van der Waals surface area contributed by atoms with E-state index in [0.29, 0.717) is 11.1 Å². The molecule has 1 amide bonds. The predicted octanol–water partition coefficient (Wildman–Crippen LogP) is 5.98. The number of nitrogens with one attached hydrogen (secondary N) is 3. The van der Waals surface area contributed by atoms with Gasteiger partial charge in [0.25, 0.3) is 5.91 Å². The van der Waals surface area contributed by atoms with Crippen LogP contribution in [0.2, 0.25) is 0 Å². The molecule has 6 rings (SSSR count). The topological polar surface area (TPSA) is 80.9 Å². The molecule has 1 atom stereocenters. The van der Waals surface area contributed by atoms with Crippen LogP contribution in [0.5, 0.6) is 0 Å². The average Bonchev–Trinajstić information content (AvgIpc) is 3.45. The number of allylic oxidation sites excluding steroid dienone is 2. The lowest BCUT2D eigenvalue weighted by atomic mass is 9.95. The minimum Gasteiger partial charge on any atom is -0.369 e. The Morgan fingerprint density at radius 2 is 1.69 bits per heavy atom. The van der Waals surface area contributed by atoms with Crippen molar-refractivity contribution in [2.24, 2.45) is 0 Å². The van der Waals surface area contributed by atoms with E-state index in [9.17, 15) is 9.90 Å². The highest BCUT2D eigenvalue weighted by molar-refractivity contribution is 6.30. The van der Waals surface area contributed by atoms with Gasteiger partial charge in [-0.1, -0.05) is 49.8 Å². The minimum atomic E-state index is -1.02. The summed E-state index contributed by atoms with van der Waals surface area (Å²) in [6.07, 6.45) is 4.29. The molecule has 5 aromatic rings. The molecule has 1 aliphatic rings. The van der Waals surface area contributed by atoms with Crippen LogP contribution in [0.25, 0.3) is 43.6 Å². The fourth-order valence-electron chi connectivity index (χ4n) is 5.26. The Morgan fingerprint density at radius 1 is 0.969 bits per heavy atom. The fraction of sp³-hybridized carbons (Fsp3) is 0.222. The van der Waals surface area contributed by atoms with Crippen molar-refractivity contribution in [2.75, 3.05) is 0 Å². The van der Waals surface area contributed by atoms with E-state index < -0.39 is 6.23 Å². The number of carbonyl (C=O) groups is 1. The second kappa shape index (κ2) is 6.97. The standard InChI is InChI=1S/C27H25N3O2/c1-3-14(4-2)9-10-15-11-12-19-17(13-15)21-23-22(26(31)30-27(23)32)20-16-7-5-6-8-18(16)28-24(20)25(21)29-19/h5-9,11-13,26,28-29,31H,3-4,10H2,1-2H3,(H,30,32). The number of aliphatic hydroxyl groups is 1. The summed E-state index contributed by atoms with van der Waals surface area (Å²) in [4.78, 5) is 20.1. The van der Waals surface area contributed by atoms with E-state index in [1.807, 2.05) is 24.3 Å². The molecule has 0 radical (unpaired) electrons. The molecule has 0 saturated carbocycles. The van der Waals surface area contributed by atoms with Crippen molar-refractivity contribution >= 4 is 49.5 Å². The van der Waals surface area contributed by atoms with Crippen molar-refractivity contribution in [1.29, 1.82) is 0 Å². The molecule has 0 bridgehead atoms. The molecule has 0 saturated heterocycles. The number of amides is 1. The lowest BCUT2D eigenvalue weighted by Crippen LogP contribution is -2.18. The molecule has 160 valence electrons. The van der Waals surface area contributed by atoms with Crippen LogP contribution in [0.3, 0.4) is 0 Å². The highest BCUT2D eigenvalue weighted by Crippen LogP contribution is 2.44. The first-order valence-electron chi connectivity index (χ1n) is 11.3. The molecule has 0 aliphatic carbocycles. The second-order valence-corrected chi connectivity index (χ2v) is 8.61. The van der Waals surface area contributed by atoms with Crippen LogP contribution in [-0.2, 0) is 6.42 Å². The zero-order chi connectivity index (χ0) is 22.0.